The molecule has 0 aromatic heterocycles. The molecule has 2 aromatic carbocycles. The van der Waals surface area contributed by atoms with Gasteiger partial charge < -0.3 is 11.1 Å². The molecule has 122 valence electrons. The zero-order valence-corrected chi connectivity index (χ0v) is 14.3. The molecule has 0 bridgehead atoms. The molecule has 0 spiro atoms. The first-order valence-corrected chi connectivity index (χ1v) is 7.82. The maximum Gasteiger partial charge on any atom is 0.241 e. The molecule has 23 heavy (non-hydrogen) atoms. The van der Waals surface area contributed by atoms with Gasteiger partial charge in [-0.15, -0.1) is 12.4 Å². The Balaban J connectivity index is 0.00000192. The van der Waals surface area contributed by atoms with Crippen molar-refractivity contribution >= 4 is 24.0 Å². The van der Waals surface area contributed by atoms with Crippen molar-refractivity contribution < 1.29 is 4.79 Å². The van der Waals surface area contributed by atoms with Crippen LogP contribution in [0.25, 0.3) is 11.1 Å². The summed E-state index contributed by atoms with van der Waals surface area (Å²) < 4.78 is 0. The number of nitrogens with one attached hydrogen (secondary N) is 1. The van der Waals surface area contributed by atoms with Crippen LogP contribution in [0.1, 0.15) is 31.4 Å². The number of hydrogen-bond acceptors (Lipinski definition) is 2. The van der Waals surface area contributed by atoms with E-state index in [4.69, 9.17) is 5.73 Å². The molecule has 0 fully saturated rings. The van der Waals surface area contributed by atoms with Gasteiger partial charge in [0.15, 0.2) is 0 Å². The molecule has 3 rings (SSSR count). The van der Waals surface area contributed by atoms with Crippen molar-refractivity contribution in [1.29, 1.82) is 0 Å². The summed E-state index contributed by atoms with van der Waals surface area (Å²) in [5, 5.41) is 2.94. The fraction of sp³-hybridized carbons (Fsp3) is 0.316. The number of fused-ring (bicyclic) bond motifs is 3. The molecule has 1 amide bonds. The molecule has 1 aliphatic rings. The van der Waals surface area contributed by atoms with Crippen LogP contribution in [0, 0.1) is 5.92 Å². The fourth-order valence-corrected chi connectivity index (χ4v) is 3.07. The highest BCUT2D eigenvalue weighted by Crippen LogP contribution is 2.37. The van der Waals surface area contributed by atoms with E-state index in [-0.39, 0.29) is 18.3 Å². The maximum atomic E-state index is 12.1. The number of carbonyl (C=O) groups excluding carboxylic acids is 1. The van der Waals surface area contributed by atoms with Gasteiger partial charge in [-0.2, -0.15) is 0 Å². The number of benzene rings is 2. The summed E-state index contributed by atoms with van der Waals surface area (Å²) in [5.41, 5.74) is 11.9. The molecule has 2 aromatic rings. The number of nitrogens with two attached hydrogens (primary N) is 1. The van der Waals surface area contributed by atoms with Gasteiger partial charge >= 0.3 is 0 Å². The van der Waals surface area contributed by atoms with Crippen LogP contribution < -0.4 is 11.1 Å². The minimum Gasteiger partial charge on any atom is -0.325 e. The SMILES string of the molecule is CC(C)C[C@H](N)C(=O)Nc1ccc2c(c1)Cc1ccccc1-2.Cl. The summed E-state index contributed by atoms with van der Waals surface area (Å²) in [4.78, 5) is 12.1. The van der Waals surface area contributed by atoms with Crippen molar-refractivity contribution in [1.82, 2.24) is 0 Å². The zero-order valence-electron chi connectivity index (χ0n) is 13.5. The van der Waals surface area contributed by atoms with Crippen molar-refractivity contribution in [2.24, 2.45) is 11.7 Å². The Morgan fingerprint density at radius 2 is 1.83 bits per heavy atom. The van der Waals surface area contributed by atoms with Crippen molar-refractivity contribution in [3.63, 3.8) is 0 Å². The summed E-state index contributed by atoms with van der Waals surface area (Å²) in [6.45, 7) is 4.14. The van der Waals surface area contributed by atoms with Gasteiger partial charge in [0.05, 0.1) is 6.04 Å². The second-order valence-corrected chi connectivity index (χ2v) is 6.43. The van der Waals surface area contributed by atoms with Crippen molar-refractivity contribution in [3.05, 3.63) is 53.6 Å². The van der Waals surface area contributed by atoms with E-state index >= 15 is 0 Å². The topological polar surface area (TPSA) is 55.1 Å². The van der Waals surface area contributed by atoms with Gasteiger partial charge in [0.2, 0.25) is 5.91 Å². The predicted molar refractivity (Wildman–Crippen MR) is 98.0 cm³/mol. The van der Waals surface area contributed by atoms with Gasteiger partial charge in [-0.25, -0.2) is 0 Å². The first-order chi connectivity index (χ1) is 10.5. The number of rotatable bonds is 4. The first-order valence-electron chi connectivity index (χ1n) is 7.82. The predicted octanol–water partition coefficient (Wildman–Crippen LogP) is 3.99. The van der Waals surface area contributed by atoms with Crippen LogP contribution in [0.4, 0.5) is 5.69 Å². The lowest BCUT2D eigenvalue weighted by atomic mass is 10.0. The van der Waals surface area contributed by atoms with Gasteiger partial charge in [0.25, 0.3) is 0 Å². The third-order valence-corrected chi connectivity index (χ3v) is 4.12. The molecule has 3 N–H and O–H groups in total. The van der Waals surface area contributed by atoms with Crippen LogP contribution in [-0.2, 0) is 11.2 Å². The van der Waals surface area contributed by atoms with Gasteiger partial charge in [0.1, 0.15) is 0 Å². The maximum absolute atomic E-state index is 12.1. The van der Waals surface area contributed by atoms with Crippen LogP contribution in [0.3, 0.4) is 0 Å². The Morgan fingerprint density at radius 1 is 1.13 bits per heavy atom. The van der Waals surface area contributed by atoms with Crippen LogP contribution in [0.2, 0.25) is 0 Å². The Kier molecular flexibility index (Phi) is 5.45. The van der Waals surface area contributed by atoms with Crippen molar-refractivity contribution in [2.75, 3.05) is 5.32 Å². The van der Waals surface area contributed by atoms with E-state index in [0.717, 1.165) is 12.1 Å². The molecule has 3 nitrogen and oxygen atoms in total. The van der Waals surface area contributed by atoms with Gasteiger partial charge in [-0.3, -0.25) is 4.79 Å². The van der Waals surface area contributed by atoms with Crippen LogP contribution in [0.5, 0.6) is 0 Å². The number of amides is 1. The number of halogens is 1. The lowest BCUT2D eigenvalue weighted by Gasteiger charge is -2.14. The quantitative estimate of drug-likeness (QED) is 0.760. The van der Waals surface area contributed by atoms with E-state index in [2.05, 4.69) is 55.6 Å². The lowest BCUT2D eigenvalue weighted by Crippen LogP contribution is -2.36. The van der Waals surface area contributed by atoms with E-state index in [1.807, 2.05) is 6.07 Å². The smallest absolute Gasteiger partial charge is 0.241 e. The Bertz CT molecular complexity index is 712. The molecule has 4 heteroatoms. The Morgan fingerprint density at radius 3 is 2.57 bits per heavy atom. The van der Waals surface area contributed by atoms with Gasteiger partial charge in [-0.1, -0.05) is 44.2 Å². The average molecular weight is 331 g/mol. The molecule has 1 atom stereocenters. The molecule has 0 unspecified atom stereocenters. The van der Waals surface area contributed by atoms with Crippen LogP contribution >= 0.6 is 12.4 Å². The standard InChI is InChI=1S/C19H22N2O.ClH/c1-12(2)9-18(20)19(22)21-15-7-8-17-14(11-15)10-13-5-3-4-6-16(13)17;/h3-8,11-12,18H,9-10,20H2,1-2H3,(H,21,22);1H/t18-;/m0./s1. The highest BCUT2D eigenvalue weighted by molar-refractivity contribution is 5.95. The van der Waals surface area contributed by atoms with Gasteiger partial charge in [0, 0.05) is 5.69 Å². The van der Waals surface area contributed by atoms with E-state index in [1.54, 1.807) is 0 Å². The van der Waals surface area contributed by atoms with E-state index in [1.165, 1.54) is 22.3 Å². The van der Waals surface area contributed by atoms with Crippen molar-refractivity contribution in [2.45, 2.75) is 32.7 Å². The molecule has 1 aliphatic carbocycles. The molecule has 0 radical (unpaired) electrons. The summed E-state index contributed by atoms with van der Waals surface area (Å²) in [5.74, 6) is 0.305. The second kappa shape index (κ2) is 7.16. The molecule has 0 saturated carbocycles. The van der Waals surface area contributed by atoms with Gasteiger partial charge in [-0.05, 0) is 53.1 Å². The average Bonchev–Trinajstić information content (AvgIpc) is 2.84. The second-order valence-electron chi connectivity index (χ2n) is 6.43. The largest absolute Gasteiger partial charge is 0.325 e. The summed E-state index contributed by atoms with van der Waals surface area (Å²) >= 11 is 0. The molecular formula is C19H23ClN2O. The minimum atomic E-state index is -0.453. The van der Waals surface area contributed by atoms with Crippen LogP contribution in [-0.4, -0.2) is 11.9 Å². The number of hydrogen-bond donors (Lipinski definition) is 2. The number of carbonyl (C=O) groups is 1. The monoisotopic (exact) mass is 330 g/mol. The molecule has 0 saturated heterocycles. The number of anilines is 1. The third-order valence-electron chi connectivity index (χ3n) is 4.12. The third kappa shape index (κ3) is 3.74. The lowest BCUT2D eigenvalue weighted by molar-refractivity contribution is -0.117. The molecule has 0 heterocycles. The zero-order chi connectivity index (χ0) is 15.7. The Labute approximate surface area is 143 Å². The summed E-state index contributed by atoms with van der Waals surface area (Å²) in [6.07, 6.45) is 1.62. The van der Waals surface area contributed by atoms with E-state index in [0.29, 0.717) is 12.3 Å². The first kappa shape index (κ1) is 17.5. The Hall–Kier alpha value is -1.84. The minimum absolute atomic E-state index is 0. The normalized spacial score (nSPS) is 13.0. The highest BCUT2D eigenvalue weighted by atomic mass is 35.5. The van der Waals surface area contributed by atoms with Crippen molar-refractivity contribution in [3.8, 4) is 11.1 Å². The molecule has 0 aliphatic heterocycles. The van der Waals surface area contributed by atoms with E-state index < -0.39 is 6.04 Å². The van der Waals surface area contributed by atoms with Crippen LogP contribution in [0.15, 0.2) is 42.5 Å². The van der Waals surface area contributed by atoms with E-state index in [9.17, 15) is 4.79 Å². The molecular weight excluding hydrogens is 308 g/mol. The summed E-state index contributed by atoms with van der Waals surface area (Å²) in [6, 6.07) is 14.1. The highest BCUT2D eigenvalue weighted by Gasteiger charge is 2.19. The fourth-order valence-electron chi connectivity index (χ4n) is 3.07. The summed E-state index contributed by atoms with van der Waals surface area (Å²) in [7, 11) is 0.